The van der Waals surface area contributed by atoms with Crippen LogP contribution in [0.25, 0.3) is 0 Å². The third-order valence-corrected chi connectivity index (χ3v) is 5.57. The zero-order chi connectivity index (χ0) is 13.6. The molecule has 18 heavy (non-hydrogen) atoms. The van der Waals surface area contributed by atoms with Gasteiger partial charge in [0.25, 0.3) is 0 Å². The van der Waals surface area contributed by atoms with Crippen molar-refractivity contribution in [2.24, 2.45) is 0 Å². The van der Waals surface area contributed by atoms with Crippen LogP contribution in [-0.2, 0) is 10.0 Å². The van der Waals surface area contributed by atoms with Gasteiger partial charge in [0.1, 0.15) is 5.75 Å². The van der Waals surface area contributed by atoms with E-state index in [-0.39, 0.29) is 6.04 Å². The molecular weight excluding hydrogens is 340 g/mol. The highest BCUT2D eigenvalue weighted by atomic mass is 35.6. The monoisotopic (exact) mass is 347 g/mol. The van der Waals surface area contributed by atoms with E-state index in [0.29, 0.717) is 11.6 Å². The molecular formula is C10H9Cl4NO2S. The molecule has 1 heterocycles. The number of hydrogen-bond acceptors (Lipinski definition) is 2. The van der Waals surface area contributed by atoms with Crippen LogP contribution in [0.4, 0.5) is 0 Å². The first-order valence-electron chi connectivity index (χ1n) is 5.01. The molecule has 0 radical (unpaired) electrons. The van der Waals surface area contributed by atoms with Crippen LogP contribution in [0.2, 0.25) is 5.02 Å². The molecule has 0 N–H and O–H groups in total. The van der Waals surface area contributed by atoms with Gasteiger partial charge in [0, 0.05) is 11.6 Å². The molecule has 0 aromatic heterocycles. The third-order valence-electron chi connectivity index (χ3n) is 2.53. The highest BCUT2D eigenvalue weighted by molar-refractivity contribution is 7.89. The van der Waals surface area contributed by atoms with Crippen LogP contribution in [0.3, 0.4) is 0 Å². The zero-order valence-corrected chi connectivity index (χ0v) is 12.8. The molecule has 1 aromatic rings. The zero-order valence-electron chi connectivity index (χ0n) is 8.98. The van der Waals surface area contributed by atoms with E-state index in [2.05, 4.69) is 0 Å². The molecule has 3 nitrogen and oxygen atoms in total. The van der Waals surface area contributed by atoms with Gasteiger partial charge in [-0.1, -0.05) is 58.5 Å². The average Bonchev–Trinajstić information content (AvgIpc) is 2.95. The van der Waals surface area contributed by atoms with E-state index in [0.717, 1.165) is 5.56 Å². The predicted octanol–water partition coefficient (Wildman–Crippen LogP) is 3.40. The molecule has 1 saturated heterocycles. The maximum Gasteiger partial charge on any atom is 0.219 e. The van der Waals surface area contributed by atoms with Crippen molar-refractivity contribution >= 4 is 56.4 Å². The first kappa shape index (κ1) is 14.7. The topological polar surface area (TPSA) is 37.1 Å². The highest BCUT2D eigenvalue weighted by Crippen LogP contribution is 2.40. The Hall–Kier alpha value is 0.290. The minimum absolute atomic E-state index is 0.181. The second-order valence-corrected chi connectivity index (χ2v) is 8.88. The second-order valence-electron chi connectivity index (χ2n) is 4.01. The van der Waals surface area contributed by atoms with Crippen LogP contribution in [0, 0.1) is 0 Å². The summed E-state index contributed by atoms with van der Waals surface area (Å²) in [5.74, 6) is -0.519. The number of hydrogen-bond donors (Lipinski definition) is 0. The fraction of sp³-hybridized carbons (Fsp3) is 0.400. The largest absolute Gasteiger partial charge is 0.219 e. The van der Waals surface area contributed by atoms with Crippen molar-refractivity contribution in [1.82, 2.24) is 4.31 Å². The fourth-order valence-corrected chi connectivity index (χ4v) is 4.50. The number of nitrogens with zero attached hydrogens (tertiary/aromatic N) is 1. The van der Waals surface area contributed by atoms with Crippen molar-refractivity contribution in [2.75, 3.05) is 12.3 Å². The number of alkyl halides is 3. The summed E-state index contributed by atoms with van der Waals surface area (Å²) in [5.41, 5.74) is 0.882. The first-order chi connectivity index (χ1) is 8.19. The molecule has 0 saturated carbocycles. The van der Waals surface area contributed by atoms with E-state index in [1.54, 1.807) is 24.3 Å². The van der Waals surface area contributed by atoms with Crippen LogP contribution in [-0.4, -0.2) is 28.8 Å². The van der Waals surface area contributed by atoms with Crippen LogP contribution in [0.1, 0.15) is 11.6 Å². The Morgan fingerprint density at radius 1 is 1.22 bits per heavy atom. The normalized spacial score (nSPS) is 24.0. The molecule has 0 amide bonds. The van der Waals surface area contributed by atoms with Gasteiger partial charge in [0.15, 0.2) is 0 Å². The molecule has 2 rings (SSSR count). The Morgan fingerprint density at radius 3 is 2.28 bits per heavy atom. The van der Waals surface area contributed by atoms with Crippen molar-refractivity contribution in [3.8, 4) is 0 Å². The van der Waals surface area contributed by atoms with Gasteiger partial charge in [0.2, 0.25) is 13.8 Å². The van der Waals surface area contributed by atoms with Crippen molar-refractivity contribution < 1.29 is 8.42 Å². The lowest BCUT2D eigenvalue weighted by atomic mass is 10.2. The molecule has 0 aliphatic carbocycles. The number of sulfonamides is 1. The highest BCUT2D eigenvalue weighted by Gasteiger charge is 2.47. The predicted molar refractivity (Wildman–Crippen MR) is 75.0 cm³/mol. The van der Waals surface area contributed by atoms with Crippen LogP contribution >= 0.6 is 46.4 Å². The minimum Gasteiger partial charge on any atom is -0.212 e. The van der Waals surface area contributed by atoms with E-state index >= 15 is 0 Å². The number of halogens is 4. The molecule has 1 aromatic carbocycles. The summed E-state index contributed by atoms with van der Waals surface area (Å²) in [6.07, 6.45) is 0. The summed E-state index contributed by atoms with van der Waals surface area (Å²) >= 11 is 22.3. The van der Waals surface area contributed by atoms with E-state index in [1.807, 2.05) is 0 Å². The summed E-state index contributed by atoms with van der Waals surface area (Å²) < 4.78 is 23.3. The van der Waals surface area contributed by atoms with Gasteiger partial charge in [-0.15, -0.1) is 0 Å². The average molecular weight is 349 g/mol. The molecule has 0 bridgehead atoms. The Bertz CT molecular complexity index is 538. The quantitative estimate of drug-likeness (QED) is 0.620. The molecule has 8 heteroatoms. The van der Waals surface area contributed by atoms with Gasteiger partial charge in [-0.2, -0.15) is 4.31 Å². The standard InChI is InChI=1S/C10H9Cl4NO2S/c11-8-3-1-7(2-4-8)9-5-15(9)18(16,17)6-10(12,13)14/h1-4,9H,5-6H2. The Kier molecular flexibility index (Phi) is 4.08. The molecule has 1 aliphatic heterocycles. The molecule has 2 atom stereocenters. The van der Waals surface area contributed by atoms with E-state index in [9.17, 15) is 8.42 Å². The van der Waals surface area contributed by atoms with Gasteiger partial charge in [0.05, 0.1) is 6.04 Å². The number of rotatable bonds is 3. The van der Waals surface area contributed by atoms with Gasteiger partial charge < -0.3 is 0 Å². The van der Waals surface area contributed by atoms with Crippen LogP contribution in [0.5, 0.6) is 0 Å². The van der Waals surface area contributed by atoms with Gasteiger partial charge in [-0.05, 0) is 17.7 Å². The summed E-state index contributed by atoms with van der Waals surface area (Å²) in [5, 5.41) is 0.607. The van der Waals surface area contributed by atoms with E-state index in [1.165, 1.54) is 4.31 Å². The summed E-state index contributed by atoms with van der Waals surface area (Å²) in [7, 11) is -3.55. The minimum atomic E-state index is -3.55. The lowest BCUT2D eigenvalue weighted by Gasteiger charge is -2.12. The van der Waals surface area contributed by atoms with E-state index < -0.39 is 19.6 Å². The van der Waals surface area contributed by atoms with Gasteiger partial charge in [-0.3, -0.25) is 0 Å². The van der Waals surface area contributed by atoms with Crippen molar-refractivity contribution in [1.29, 1.82) is 0 Å². The summed E-state index contributed by atoms with van der Waals surface area (Å²) in [6.45, 7) is 0.407. The van der Waals surface area contributed by atoms with Gasteiger partial charge >= 0.3 is 0 Å². The van der Waals surface area contributed by atoms with Crippen molar-refractivity contribution in [3.05, 3.63) is 34.9 Å². The van der Waals surface area contributed by atoms with Crippen LogP contribution in [0.15, 0.2) is 24.3 Å². The van der Waals surface area contributed by atoms with E-state index in [4.69, 9.17) is 46.4 Å². The first-order valence-corrected chi connectivity index (χ1v) is 8.13. The fourth-order valence-electron chi connectivity index (χ4n) is 1.68. The SMILES string of the molecule is O=S(=O)(CC(Cl)(Cl)Cl)N1CC1c1ccc(Cl)cc1. The Morgan fingerprint density at radius 2 is 1.78 bits per heavy atom. The summed E-state index contributed by atoms with van der Waals surface area (Å²) in [6, 6.07) is 6.83. The smallest absolute Gasteiger partial charge is 0.212 e. The molecule has 1 aliphatic rings. The maximum atomic E-state index is 11.9. The van der Waals surface area contributed by atoms with Crippen molar-refractivity contribution in [3.63, 3.8) is 0 Å². The Labute approximate surface area is 126 Å². The molecule has 0 spiro atoms. The number of benzene rings is 1. The Balaban J connectivity index is 2.09. The third kappa shape index (κ3) is 3.65. The maximum absolute atomic E-state index is 11.9. The van der Waals surface area contributed by atoms with Gasteiger partial charge in [-0.25, -0.2) is 8.42 Å². The summed E-state index contributed by atoms with van der Waals surface area (Å²) in [4.78, 5) is 0. The lowest BCUT2D eigenvalue weighted by Crippen LogP contribution is -2.25. The van der Waals surface area contributed by atoms with Crippen LogP contribution < -0.4 is 0 Å². The molecule has 1 fully saturated rings. The molecule has 100 valence electrons. The van der Waals surface area contributed by atoms with Crippen molar-refractivity contribution in [2.45, 2.75) is 9.83 Å². The molecule has 2 unspecified atom stereocenters. The lowest BCUT2D eigenvalue weighted by molar-refractivity contribution is 0.554. The second kappa shape index (κ2) is 5.00.